The minimum atomic E-state index is 0.452. The van der Waals surface area contributed by atoms with Crippen LogP contribution >= 0.6 is 0 Å². The summed E-state index contributed by atoms with van der Waals surface area (Å²) in [5.74, 6) is 2.10. The van der Waals surface area contributed by atoms with Crippen molar-refractivity contribution < 1.29 is 4.74 Å². The van der Waals surface area contributed by atoms with Crippen LogP contribution in [0.3, 0.4) is 0 Å². The van der Waals surface area contributed by atoms with Gasteiger partial charge in [-0.15, -0.1) is 10.2 Å². The predicted molar refractivity (Wildman–Crippen MR) is 95.4 cm³/mol. The monoisotopic (exact) mass is 339 g/mol. The molecule has 0 aliphatic heterocycles. The van der Waals surface area contributed by atoms with E-state index in [0.717, 1.165) is 23.7 Å². The lowest BCUT2D eigenvalue weighted by atomic mass is 10.3. The maximum atomic E-state index is 5.14. The third-order valence-electron chi connectivity index (χ3n) is 3.53. The van der Waals surface area contributed by atoms with Crippen molar-refractivity contribution in [2.75, 3.05) is 13.7 Å². The molecule has 25 heavy (non-hydrogen) atoms. The van der Waals surface area contributed by atoms with E-state index in [0.29, 0.717) is 24.9 Å². The van der Waals surface area contributed by atoms with Crippen LogP contribution in [0.25, 0.3) is 5.65 Å². The summed E-state index contributed by atoms with van der Waals surface area (Å²) in [5.41, 5.74) is 1.66. The number of nitrogens with zero attached hydrogens (tertiary/aromatic N) is 5. The molecule has 130 valence electrons. The van der Waals surface area contributed by atoms with Crippen molar-refractivity contribution >= 4 is 11.6 Å². The number of ether oxygens (including phenoxy) is 1. The first kappa shape index (κ1) is 16.7. The minimum Gasteiger partial charge on any atom is -0.481 e. The Morgan fingerprint density at radius 1 is 1.16 bits per heavy atom. The number of rotatable bonds is 6. The highest BCUT2D eigenvalue weighted by atomic mass is 16.5. The minimum absolute atomic E-state index is 0.452. The quantitative estimate of drug-likeness (QED) is 0.521. The largest absolute Gasteiger partial charge is 0.481 e. The summed E-state index contributed by atoms with van der Waals surface area (Å²) >= 11 is 0. The van der Waals surface area contributed by atoms with Crippen molar-refractivity contribution in [1.82, 2.24) is 30.2 Å². The molecule has 0 aliphatic rings. The molecule has 3 rings (SSSR count). The lowest BCUT2D eigenvalue weighted by Crippen LogP contribution is -2.37. The van der Waals surface area contributed by atoms with Crippen LogP contribution in [-0.4, -0.2) is 39.2 Å². The smallest absolute Gasteiger partial charge is 0.213 e. The summed E-state index contributed by atoms with van der Waals surface area (Å²) in [5, 5.41) is 14.8. The van der Waals surface area contributed by atoms with Gasteiger partial charge in [-0.2, -0.15) is 0 Å². The van der Waals surface area contributed by atoms with E-state index in [9.17, 15) is 0 Å². The topological polar surface area (TPSA) is 88.7 Å². The summed E-state index contributed by atoms with van der Waals surface area (Å²) in [6.07, 6.45) is 1.94. The predicted octanol–water partition coefficient (Wildman–Crippen LogP) is 1.39. The zero-order valence-corrected chi connectivity index (χ0v) is 14.3. The number of hydrogen-bond acceptors (Lipinski definition) is 5. The van der Waals surface area contributed by atoms with Gasteiger partial charge in [0.25, 0.3) is 0 Å². The van der Waals surface area contributed by atoms with Crippen LogP contribution in [0.1, 0.15) is 18.4 Å². The fourth-order valence-electron chi connectivity index (χ4n) is 2.34. The molecule has 0 aliphatic carbocycles. The Hall–Kier alpha value is -3.16. The van der Waals surface area contributed by atoms with Gasteiger partial charge < -0.3 is 15.4 Å². The Balaban J connectivity index is 1.68. The van der Waals surface area contributed by atoms with Crippen LogP contribution in [0.15, 0.2) is 47.6 Å². The van der Waals surface area contributed by atoms with E-state index in [4.69, 9.17) is 4.74 Å². The Bertz CT molecular complexity index is 859. The molecule has 0 bridgehead atoms. The Labute approximate surface area is 146 Å². The van der Waals surface area contributed by atoms with Crippen molar-refractivity contribution in [3.8, 4) is 5.88 Å². The first-order valence-corrected chi connectivity index (χ1v) is 8.11. The fourth-order valence-corrected chi connectivity index (χ4v) is 2.34. The molecule has 0 saturated heterocycles. The number of guanidine groups is 1. The van der Waals surface area contributed by atoms with Gasteiger partial charge in [0.05, 0.1) is 25.9 Å². The van der Waals surface area contributed by atoms with Gasteiger partial charge in [-0.25, -0.2) is 9.98 Å². The van der Waals surface area contributed by atoms with E-state index < -0.39 is 0 Å². The molecule has 3 heterocycles. The SMILES string of the molecule is CCNC(=NCc1cccc(OC)n1)NCc1nnc2ccccn12. The van der Waals surface area contributed by atoms with Gasteiger partial charge in [0, 0.05) is 18.8 Å². The van der Waals surface area contributed by atoms with Gasteiger partial charge in [0.1, 0.15) is 0 Å². The molecular weight excluding hydrogens is 318 g/mol. The fraction of sp³-hybridized carbons (Fsp3) is 0.294. The first-order valence-electron chi connectivity index (χ1n) is 8.11. The highest BCUT2D eigenvalue weighted by Gasteiger charge is 2.06. The number of methoxy groups -OCH3 is 1. The molecule has 0 aromatic carbocycles. The van der Waals surface area contributed by atoms with E-state index in [2.05, 4.69) is 30.8 Å². The summed E-state index contributed by atoms with van der Waals surface area (Å²) < 4.78 is 7.08. The van der Waals surface area contributed by atoms with Crippen LogP contribution in [-0.2, 0) is 13.1 Å². The lowest BCUT2D eigenvalue weighted by molar-refractivity contribution is 0.396. The van der Waals surface area contributed by atoms with Crippen LogP contribution in [0.5, 0.6) is 5.88 Å². The number of fused-ring (bicyclic) bond motifs is 1. The van der Waals surface area contributed by atoms with Crippen LogP contribution in [0, 0.1) is 0 Å². The van der Waals surface area contributed by atoms with Gasteiger partial charge in [-0.3, -0.25) is 4.40 Å². The molecule has 0 saturated carbocycles. The van der Waals surface area contributed by atoms with Gasteiger partial charge in [0.15, 0.2) is 17.4 Å². The second-order valence-electron chi connectivity index (χ2n) is 5.27. The summed E-state index contributed by atoms with van der Waals surface area (Å²) in [6.45, 7) is 3.75. The molecular formula is C17H21N7O. The molecule has 0 atom stereocenters. The highest BCUT2D eigenvalue weighted by molar-refractivity contribution is 5.79. The van der Waals surface area contributed by atoms with Gasteiger partial charge in [-0.05, 0) is 25.1 Å². The second-order valence-corrected chi connectivity index (χ2v) is 5.27. The maximum absolute atomic E-state index is 5.14. The van der Waals surface area contributed by atoms with Gasteiger partial charge in [-0.1, -0.05) is 12.1 Å². The molecule has 0 unspecified atom stereocenters. The molecule has 0 amide bonds. The third kappa shape index (κ3) is 4.23. The van der Waals surface area contributed by atoms with Crippen LogP contribution < -0.4 is 15.4 Å². The molecule has 8 nitrogen and oxygen atoms in total. The van der Waals surface area contributed by atoms with E-state index in [1.54, 1.807) is 7.11 Å². The summed E-state index contributed by atoms with van der Waals surface area (Å²) in [4.78, 5) is 8.92. The molecule has 0 radical (unpaired) electrons. The molecule has 3 aromatic heterocycles. The van der Waals surface area contributed by atoms with E-state index in [-0.39, 0.29) is 0 Å². The molecule has 0 spiro atoms. The van der Waals surface area contributed by atoms with E-state index >= 15 is 0 Å². The Morgan fingerprint density at radius 3 is 2.92 bits per heavy atom. The van der Waals surface area contributed by atoms with Crippen LogP contribution in [0.2, 0.25) is 0 Å². The summed E-state index contributed by atoms with van der Waals surface area (Å²) in [7, 11) is 1.60. The van der Waals surface area contributed by atoms with Crippen molar-refractivity contribution in [2.24, 2.45) is 4.99 Å². The van der Waals surface area contributed by atoms with E-state index in [1.165, 1.54) is 0 Å². The molecule has 0 fully saturated rings. The number of aliphatic imine (C=N–C) groups is 1. The molecule has 8 heteroatoms. The standard InChI is InChI=1S/C17H21N7O/c1-3-18-17(19-11-13-7-6-9-16(21-13)25-2)20-12-15-23-22-14-8-4-5-10-24(14)15/h4-10H,3,11-12H2,1-2H3,(H2,18,19,20). The first-order chi connectivity index (χ1) is 12.3. The average Bonchev–Trinajstić information content (AvgIpc) is 3.07. The lowest BCUT2D eigenvalue weighted by Gasteiger charge is -2.10. The molecule has 3 aromatic rings. The number of hydrogen-bond donors (Lipinski definition) is 2. The average molecular weight is 339 g/mol. The highest BCUT2D eigenvalue weighted by Crippen LogP contribution is 2.07. The van der Waals surface area contributed by atoms with Crippen molar-refractivity contribution in [1.29, 1.82) is 0 Å². The second kappa shape index (κ2) is 8.09. The van der Waals surface area contributed by atoms with Crippen LogP contribution in [0.4, 0.5) is 0 Å². The zero-order valence-electron chi connectivity index (χ0n) is 14.3. The van der Waals surface area contributed by atoms with Gasteiger partial charge in [0.2, 0.25) is 5.88 Å². The normalized spacial score (nSPS) is 11.5. The van der Waals surface area contributed by atoms with Crippen molar-refractivity contribution in [2.45, 2.75) is 20.0 Å². The number of aromatic nitrogens is 4. The molecule has 2 N–H and O–H groups in total. The Kier molecular flexibility index (Phi) is 5.40. The van der Waals surface area contributed by atoms with Crippen molar-refractivity contribution in [3.63, 3.8) is 0 Å². The number of nitrogens with one attached hydrogen (secondary N) is 2. The third-order valence-corrected chi connectivity index (χ3v) is 3.53. The maximum Gasteiger partial charge on any atom is 0.213 e. The van der Waals surface area contributed by atoms with Gasteiger partial charge >= 0.3 is 0 Å². The number of pyridine rings is 2. The van der Waals surface area contributed by atoms with E-state index in [1.807, 2.05) is 53.9 Å². The van der Waals surface area contributed by atoms with Crippen molar-refractivity contribution in [3.05, 3.63) is 54.1 Å². The zero-order chi connectivity index (χ0) is 17.5. The Morgan fingerprint density at radius 2 is 2.08 bits per heavy atom. The summed E-state index contributed by atoms with van der Waals surface area (Å²) in [6, 6.07) is 11.4.